The fraction of sp³-hybridized carbons (Fsp3) is 0.818. The molecule has 0 aromatic carbocycles. The predicted octanol–water partition coefficient (Wildman–Crippen LogP) is 1.74. The van der Waals surface area contributed by atoms with E-state index in [-0.39, 0.29) is 5.60 Å². The highest BCUT2D eigenvalue weighted by atomic mass is 16.6. The number of hydrogen-bond donors (Lipinski definition) is 0. The van der Waals surface area contributed by atoms with Crippen molar-refractivity contribution in [3.05, 3.63) is 0 Å². The first-order valence-electron chi connectivity index (χ1n) is 5.08. The van der Waals surface area contributed by atoms with E-state index in [1.165, 1.54) is 19.3 Å². The number of ether oxygens (including phenoxy) is 2. The van der Waals surface area contributed by atoms with Crippen molar-refractivity contribution in [1.29, 1.82) is 0 Å². The molecule has 0 radical (unpaired) electrons. The van der Waals surface area contributed by atoms with Crippen molar-refractivity contribution in [3.63, 3.8) is 0 Å². The maximum absolute atomic E-state index is 5.78. The number of rotatable bonds is 3. The quantitative estimate of drug-likeness (QED) is 0.487. The fourth-order valence-electron chi connectivity index (χ4n) is 1.87. The summed E-state index contributed by atoms with van der Waals surface area (Å²) in [4.78, 5) is 0. The van der Waals surface area contributed by atoms with Crippen LogP contribution in [0.5, 0.6) is 0 Å². The molecule has 2 nitrogen and oxygen atoms in total. The zero-order chi connectivity index (χ0) is 9.15. The van der Waals surface area contributed by atoms with Crippen LogP contribution in [0.25, 0.3) is 0 Å². The topological polar surface area (TPSA) is 21.8 Å². The zero-order valence-corrected chi connectivity index (χ0v) is 7.92. The maximum atomic E-state index is 5.78. The van der Waals surface area contributed by atoms with Gasteiger partial charge in [-0.3, -0.25) is 0 Å². The van der Waals surface area contributed by atoms with Crippen molar-refractivity contribution in [2.75, 3.05) is 13.2 Å². The minimum absolute atomic E-state index is 0.260. The highest BCUT2D eigenvalue weighted by molar-refractivity contribution is 5.10. The molecule has 2 aliphatic rings. The van der Waals surface area contributed by atoms with Gasteiger partial charge in [-0.25, -0.2) is 0 Å². The van der Waals surface area contributed by atoms with Crippen LogP contribution >= 0.6 is 0 Å². The molecule has 0 unspecified atom stereocenters. The van der Waals surface area contributed by atoms with Gasteiger partial charge in [0.25, 0.3) is 0 Å². The largest absolute Gasteiger partial charge is 0.371 e. The highest BCUT2D eigenvalue weighted by Gasteiger charge is 2.33. The van der Waals surface area contributed by atoms with Crippen LogP contribution in [-0.4, -0.2) is 24.9 Å². The Morgan fingerprint density at radius 2 is 2.08 bits per heavy atom. The van der Waals surface area contributed by atoms with Crippen LogP contribution < -0.4 is 0 Å². The summed E-state index contributed by atoms with van der Waals surface area (Å²) in [5.41, 5.74) is -0.260. The zero-order valence-electron chi connectivity index (χ0n) is 7.92. The van der Waals surface area contributed by atoms with Crippen LogP contribution in [-0.2, 0) is 9.47 Å². The molecule has 2 rings (SSSR count). The van der Waals surface area contributed by atoms with E-state index in [0.29, 0.717) is 12.7 Å². The second kappa shape index (κ2) is 3.69. The Balaban J connectivity index is 1.85. The Hall–Kier alpha value is -0.520. The van der Waals surface area contributed by atoms with E-state index in [9.17, 15) is 0 Å². The summed E-state index contributed by atoms with van der Waals surface area (Å²) in [5.74, 6) is 2.82. The van der Waals surface area contributed by atoms with E-state index < -0.39 is 0 Å². The van der Waals surface area contributed by atoms with Crippen LogP contribution in [0.15, 0.2) is 0 Å². The molecule has 0 aromatic heterocycles. The van der Waals surface area contributed by atoms with Crippen molar-refractivity contribution < 1.29 is 9.47 Å². The molecule has 0 bridgehead atoms. The molecule has 1 heterocycles. The van der Waals surface area contributed by atoms with Crippen molar-refractivity contribution >= 4 is 0 Å². The van der Waals surface area contributed by atoms with Crippen LogP contribution in [0, 0.1) is 12.3 Å². The van der Waals surface area contributed by atoms with Crippen molar-refractivity contribution in [2.45, 2.75) is 43.8 Å². The van der Waals surface area contributed by atoms with Crippen molar-refractivity contribution in [3.8, 4) is 12.3 Å². The Morgan fingerprint density at radius 1 is 1.38 bits per heavy atom. The van der Waals surface area contributed by atoms with E-state index in [0.717, 1.165) is 19.4 Å². The highest BCUT2D eigenvalue weighted by Crippen LogP contribution is 2.31. The van der Waals surface area contributed by atoms with E-state index in [4.69, 9.17) is 15.9 Å². The Morgan fingerprint density at radius 3 is 2.62 bits per heavy atom. The molecule has 13 heavy (non-hydrogen) atoms. The van der Waals surface area contributed by atoms with Crippen LogP contribution in [0.3, 0.4) is 0 Å². The summed E-state index contributed by atoms with van der Waals surface area (Å²) in [7, 11) is 0. The Labute approximate surface area is 79.6 Å². The van der Waals surface area contributed by atoms with Crippen molar-refractivity contribution in [1.82, 2.24) is 0 Å². The van der Waals surface area contributed by atoms with Gasteiger partial charge >= 0.3 is 0 Å². The molecule has 1 aliphatic heterocycles. The molecule has 0 spiro atoms. The lowest BCUT2D eigenvalue weighted by atomic mass is 9.85. The molecule has 2 heteroatoms. The number of hydrogen-bond acceptors (Lipinski definition) is 2. The van der Waals surface area contributed by atoms with Gasteiger partial charge in [0.05, 0.1) is 13.2 Å². The minimum Gasteiger partial charge on any atom is -0.371 e. The molecular formula is C11H16O2. The number of terminal acetylenes is 1. The molecule has 0 amide bonds. The summed E-state index contributed by atoms with van der Waals surface area (Å²) in [6.45, 7) is 1.53. The smallest absolute Gasteiger partial charge is 0.128 e. The standard InChI is InChI=1S/C11H16O2/c1-2-11(6-4-3-5-7-11)13-9-10-8-12-10/h1,10H,3-9H2/t10-/m1/s1. The van der Waals surface area contributed by atoms with Gasteiger partial charge in [-0.1, -0.05) is 12.3 Å². The normalized spacial score (nSPS) is 30.8. The third-order valence-electron chi connectivity index (χ3n) is 2.87. The molecule has 0 aromatic rings. The lowest BCUT2D eigenvalue weighted by Crippen LogP contribution is -2.34. The van der Waals surface area contributed by atoms with Crippen LogP contribution in [0.4, 0.5) is 0 Å². The molecule has 2 fully saturated rings. The monoisotopic (exact) mass is 180 g/mol. The van der Waals surface area contributed by atoms with E-state index in [2.05, 4.69) is 5.92 Å². The van der Waals surface area contributed by atoms with Gasteiger partial charge in [-0.05, 0) is 25.7 Å². The third kappa shape index (κ3) is 2.24. The maximum Gasteiger partial charge on any atom is 0.128 e. The van der Waals surface area contributed by atoms with Gasteiger partial charge in [0, 0.05) is 0 Å². The van der Waals surface area contributed by atoms with Gasteiger partial charge in [-0.15, -0.1) is 6.42 Å². The van der Waals surface area contributed by atoms with Crippen molar-refractivity contribution in [2.24, 2.45) is 0 Å². The number of epoxide rings is 1. The van der Waals surface area contributed by atoms with Crippen LogP contribution in [0.1, 0.15) is 32.1 Å². The summed E-state index contributed by atoms with van der Waals surface area (Å²) < 4.78 is 10.9. The van der Waals surface area contributed by atoms with E-state index in [1.54, 1.807) is 0 Å². The second-order valence-corrected chi connectivity index (χ2v) is 3.97. The van der Waals surface area contributed by atoms with Gasteiger partial charge in [0.15, 0.2) is 0 Å². The molecule has 1 saturated carbocycles. The van der Waals surface area contributed by atoms with E-state index in [1.807, 2.05) is 0 Å². The summed E-state index contributed by atoms with van der Waals surface area (Å²) in [6.07, 6.45) is 11.6. The minimum atomic E-state index is -0.260. The summed E-state index contributed by atoms with van der Waals surface area (Å²) >= 11 is 0. The van der Waals surface area contributed by atoms with E-state index >= 15 is 0 Å². The van der Waals surface area contributed by atoms with Gasteiger partial charge in [0.2, 0.25) is 0 Å². The van der Waals surface area contributed by atoms with Gasteiger partial charge < -0.3 is 9.47 Å². The molecule has 1 aliphatic carbocycles. The molecular weight excluding hydrogens is 164 g/mol. The Kier molecular flexibility index (Phi) is 2.57. The average molecular weight is 180 g/mol. The summed E-state index contributed by atoms with van der Waals surface area (Å²) in [5, 5.41) is 0. The third-order valence-corrected chi connectivity index (χ3v) is 2.87. The first kappa shape index (κ1) is 9.05. The first-order valence-corrected chi connectivity index (χ1v) is 5.08. The lowest BCUT2D eigenvalue weighted by molar-refractivity contribution is -0.0320. The summed E-state index contributed by atoms with van der Waals surface area (Å²) in [6, 6.07) is 0. The predicted molar refractivity (Wildman–Crippen MR) is 50.3 cm³/mol. The average Bonchev–Trinajstić information content (AvgIpc) is 3.00. The van der Waals surface area contributed by atoms with Gasteiger partial charge in [0.1, 0.15) is 11.7 Å². The fourth-order valence-corrected chi connectivity index (χ4v) is 1.87. The molecule has 1 atom stereocenters. The van der Waals surface area contributed by atoms with Crippen LogP contribution in [0.2, 0.25) is 0 Å². The SMILES string of the molecule is C#CC1(OC[C@H]2CO2)CCCCC1. The molecule has 72 valence electrons. The first-order chi connectivity index (χ1) is 6.35. The lowest BCUT2D eigenvalue weighted by Gasteiger charge is -2.32. The molecule has 0 N–H and O–H groups in total. The van der Waals surface area contributed by atoms with Gasteiger partial charge in [-0.2, -0.15) is 0 Å². The second-order valence-electron chi connectivity index (χ2n) is 3.97. The molecule has 1 saturated heterocycles. The Bertz CT molecular complexity index is 207.